The lowest BCUT2D eigenvalue weighted by molar-refractivity contribution is 0.0600. The molecule has 10 heteroatoms. The van der Waals surface area contributed by atoms with Crippen molar-refractivity contribution in [3.8, 4) is 5.75 Å². The molecule has 0 amide bonds. The Labute approximate surface area is 136 Å². The predicted octanol–water partition coefficient (Wildman–Crippen LogP) is -0.362. The van der Waals surface area contributed by atoms with E-state index < -0.39 is 32.2 Å². The number of aryl methyl sites for hydroxylation is 1. The van der Waals surface area contributed by atoms with Crippen molar-refractivity contribution in [3.05, 3.63) is 56.9 Å². The summed E-state index contributed by atoms with van der Waals surface area (Å²) in [6.45, 7) is 0. The molecule has 0 aliphatic rings. The van der Waals surface area contributed by atoms with Gasteiger partial charge in [0.2, 0.25) is 0 Å². The number of hydrogen-bond donors (Lipinski definition) is 0. The van der Waals surface area contributed by atoms with Gasteiger partial charge in [-0.1, -0.05) is 0 Å². The average Bonchev–Trinajstić information content (AvgIpc) is 2.55. The lowest BCUT2D eigenvalue weighted by atomic mass is 10.2. The molecule has 1 aromatic heterocycles. The van der Waals surface area contributed by atoms with Crippen LogP contribution in [0.5, 0.6) is 5.75 Å². The number of carbonyl (C=O) groups excluding carboxylic acids is 1. The van der Waals surface area contributed by atoms with E-state index in [1.165, 1.54) is 38.4 Å². The Bertz CT molecular complexity index is 1000. The average molecular weight is 354 g/mol. The van der Waals surface area contributed by atoms with Gasteiger partial charge in [-0.25, -0.2) is 9.59 Å². The van der Waals surface area contributed by atoms with Crippen molar-refractivity contribution < 1.29 is 22.1 Å². The Kier molecular flexibility index (Phi) is 4.60. The van der Waals surface area contributed by atoms with E-state index in [1.54, 1.807) is 0 Å². The maximum absolute atomic E-state index is 12.3. The quantitative estimate of drug-likeness (QED) is 0.544. The van der Waals surface area contributed by atoms with Gasteiger partial charge in [-0.15, -0.1) is 0 Å². The normalized spacial score (nSPS) is 11.1. The van der Waals surface area contributed by atoms with Crippen LogP contribution in [-0.2, 0) is 29.0 Å². The first-order valence-electron chi connectivity index (χ1n) is 6.57. The van der Waals surface area contributed by atoms with Crippen LogP contribution >= 0.6 is 0 Å². The van der Waals surface area contributed by atoms with Crippen LogP contribution in [-0.4, -0.2) is 30.6 Å². The first kappa shape index (κ1) is 17.5. The van der Waals surface area contributed by atoms with E-state index in [4.69, 9.17) is 4.18 Å². The first-order chi connectivity index (χ1) is 11.2. The van der Waals surface area contributed by atoms with Crippen LogP contribution in [0.4, 0.5) is 0 Å². The monoisotopic (exact) mass is 354 g/mol. The Hall–Kier alpha value is -2.88. The van der Waals surface area contributed by atoms with Crippen molar-refractivity contribution in [2.45, 2.75) is 4.90 Å². The number of carbonyl (C=O) groups is 1. The van der Waals surface area contributed by atoms with Crippen molar-refractivity contribution in [1.82, 2.24) is 9.13 Å². The number of ether oxygens (including phenoxy) is 1. The van der Waals surface area contributed by atoms with Gasteiger partial charge in [0.15, 0.2) is 4.90 Å². The summed E-state index contributed by atoms with van der Waals surface area (Å²) in [6.07, 6.45) is 0.892. The van der Waals surface area contributed by atoms with Gasteiger partial charge in [0.05, 0.1) is 12.7 Å². The standard InChI is InChI=1S/C14H14N2O7S/c1-15-8-11(12(17)16(2)14(15)19)24(20,21)23-10-6-4-9(5-7-10)13(18)22-3/h4-8H,1-3H3. The van der Waals surface area contributed by atoms with E-state index in [-0.39, 0.29) is 11.3 Å². The second kappa shape index (κ2) is 6.32. The number of nitrogens with zero attached hydrogens (tertiary/aromatic N) is 2. The summed E-state index contributed by atoms with van der Waals surface area (Å²) in [6, 6.07) is 5.12. The zero-order valence-electron chi connectivity index (χ0n) is 13.0. The summed E-state index contributed by atoms with van der Waals surface area (Å²) < 4.78 is 35.6. The number of aromatic nitrogens is 2. The van der Waals surface area contributed by atoms with Crippen LogP contribution in [0.1, 0.15) is 10.4 Å². The fourth-order valence-corrected chi connectivity index (χ4v) is 2.97. The number of esters is 1. The van der Waals surface area contributed by atoms with Gasteiger partial charge < -0.3 is 13.5 Å². The fraction of sp³-hybridized carbons (Fsp3) is 0.214. The van der Waals surface area contributed by atoms with Crippen LogP contribution in [0.15, 0.2) is 44.9 Å². The van der Waals surface area contributed by atoms with Gasteiger partial charge in [0, 0.05) is 20.3 Å². The molecule has 0 bridgehead atoms. The molecule has 2 aromatic rings. The van der Waals surface area contributed by atoms with Gasteiger partial charge in [0.1, 0.15) is 5.75 Å². The summed E-state index contributed by atoms with van der Waals surface area (Å²) in [5.41, 5.74) is -1.45. The van der Waals surface area contributed by atoms with E-state index in [1.807, 2.05) is 0 Å². The maximum atomic E-state index is 12.3. The molecule has 0 saturated heterocycles. The van der Waals surface area contributed by atoms with Crippen molar-refractivity contribution in [3.63, 3.8) is 0 Å². The Morgan fingerprint density at radius 1 is 1.08 bits per heavy atom. The lowest BCUT2D eigenvalue weighted by Crippen LogP contribution is -2.39. The number of benzene rings is 1. The van der Waals surface area contributed by atoms with Gasteiger partial charge in [-0.05, 0) is 24.3 Å². The van der Waals surface area contributed by atoms with Crippen LogP contribution in [0.25, 0.3) is 0 Å². The molecule has 0 unspecified atom stereocenters. The molecule has 9 nitrogen and oxygen atoms in total. The number of methoxy groups -OCH3 is 1. The number of hydrogen-bond acceptors (Lipinski definition) is 7. The van der Waals surface area contributed by atoms with E-state index >= 15 is 0 Å². The largest absolute Gasteiger partial charge is 0.465 e. The molecule has 0 aliphatic carbocycles. The highest BCUT2D eigenvalue weighted by molar-refractivity contribution is 7.87. The first-order valence-corrected chi connectivity index (χ1v) is 7.97. The smallest absolute Gasteiger partial charge is 0.346 e. The van der Waals surface area contributed by atoms with Crippen molar-refractivity contribution in [1.29, 1.82) is 0 Å². The third kappa shape index (κ3) is 3.23. The zero-order valence-corrected chi connectivity index (χ0v) is 13.9. The van der Waals surface area contributed by atoms with Crippen LogP contribution in [0.2, 0.25) is 0 Å². The van der Waals surface area contributed by atoms with Crippen molar-refractivity contribution >= 4 is 16.1 Å². The lowest BCUT2D eigenvalue weighted by Gasteiger charge is -2.09. The molecule has 0 N–H and O–H groups in total. The highest BCUT2D eigenvalue weighted by atomic mass is 32.2. The van der Waals surface area contributed by atoms with Crippen LogP contribution < -0.4 is 15.4 Å². The minimum atomic E-state index is -4.45. The molecular weight excluding hydrogens is 340 g/mol. The Morgan fingerprint density at radius 3 is 2.21 bits per heavy atom. The second-order valence-corrected chi connectivity index (χ2v) is 6.32. The minimum Gasteiger partial charge on any atom is -0.465 e. The predicted molar refractivity (Wildman–Crippen MR) is 82.5 cm³/mol. The van der Waals surface area contributed by atoms with Crippen LogP contribution in [0.3, 0.4) is 0 Å². The van der Waals surface area contributed by atoms with E-state index in [9.17, 15) is 22.8 Å². The molecule has 24 heavy (non-hydrogen) atoms. The third-order valence-corrected chi connectivity index (χ3v) is 4.40. The van der Waals surface area contributed by atoms with Gasteiger partial charge in [-0.2, -0.15) is 8.42 Å². The van der Waals surface area contributed by atoms with E-state index in [0.717, 1.165) is 17.8 Å². The number of rotatable bonds is 4. The summed E-state index contributed by atoms with van der Waals surface area (Å²) in [5.74, 6) is -0.685. The van der Waals surface area contributed by atoms with Gasteiger partial charge >= 0.3 is 21.8 Å². The Balaban J connectivity index is 2.41. The Morgan fingerprint density at radius 2 is 1.67 bits per heavy atom. The molecule has 0 radical (unpaired) electrons. The SMILES string of the molecule is COC(=O)c1ccc(OS(=O)(=O)c2cn(C)c(=O)n(C)c2=O)cc1. The molecule has 0 atom stereocenters. The summed E-state index contributed by atoms with van der Waals surface area (Å²) in [7, 11) is -0.766. The van der Waals surface area contributed by atoms with Crippen LogP contribution in [0, 0.1) is 0 Å². The third-order valence-electron chi connectivity index (χ3n) is 3.17. The minimum absolute atomic E-state index is 0.0986. The van der Waals surface area contributed by atoms with Gasteiger partial charge in [-0.3, -0.25) is 9.36 Å². The van der Waals surface area contributed by atoms with E-state index in [2.05, 4.69) is 4.74 Å². The zero-order chi connectivity index (χ0) is 18.1. The maximum Gasteiger partial charge on any atom is 0.346 e. The summed E-state index contributed by atoms with van der Waals surface area (Å²) >= 11 is 0. The molecule has 0 fully saturated rings. The molecule has 0 spiro atoms. The topological polar surface area (TPSA) is 114 Å². The molecule has 1 aromatic carbocycles. The highest BCUT2D eigenvalue weighted by Crippen LogP contribution is 2.17. The molecule has 2 rings (SSSR count). The van der Waals surface area contributed by atoms with Crippen molar-refractivity contribution in [2.75, 3.05) is 7.11 Å². The molecule has 1 heterocycles. The molecule has 128 valence electrons. The van der Waals surface area contributed by atoms with E-state index in [0.29, 0.717) is 4.57 Å². The fourth-order valence-electron chi connectivity index (χ4n) is 1.88. The molecule has 0 aliphatic heterocycles. The second-order valence-electron chi connectivity index (χ2n) is 4.80. The molecule has 0 saturated carbocycles. The summed E-state index contributed by atoms with van der Waals surface area (Å²) in [4.78, 5) is 34.2. The van der Waals surface area contributed by atoms with Crippen molar-refractivity contribution in [2.24, 2.45) is 14.1 Å². The molecular formula is C14H14N2O7S. The summed E-state index contributed by atoms with van der Waals surface area (Å²) in [5, 5.41) is 0. The highest BCUT2D eigenvalue weighted by Gasteiger charge is 2.23. The van der Waals surface area contributed by atoms with Gasteiger partial charge in [0.25, 0.3) is 5.56 Å².